The summed E-state index contributed by atoms with van der Waals surface area (Å²) in [5.41, 5.74) is 7.18. The van der Waals surface area contributed by atoms with Gasteiger partial charge in [0.05, 0.1) is 13.2 Å². The maximum absolute atomic E-state index is 13.1. The highest BCUT2D eigenvalue weighted by Gasteiger charge is 2.35. The van der Waals surface area contributed by atoms with Gasteiger partial charge in [-0.2, -0.15) is 0 Å². The Hall–Kier alpha value is -1.71. The number of hydrogen-bond acceptors (Lipinski definition) is 4. The topological polar surface area (TPSA) is 61.5 Å². The highest BCUT2D eigenvalue weighted by atomic mass is 31.2. The predicted octanol–water partition coefficient (Wildman–Crippen LogP) is 5.22. The van der Waals surface area contributed by atoms with Gasteiger partial charge < -0.3 is 14.8 Å². The Balaban J connectivity index is 2.25. The Morgan fingerprint density at radius 2 is 1.46 bits per heavy atom. The van der Waals surface area contributed by atoms with Crippen LogP contribution in [0.4, 0.5) is 0 Å². The van der Waals surface area contributed by atoms with Gasteiger partial charge in [-0.3, -0.25) is 4.57 Å². The van der Waals surface area contributed by atoms with Gasteiger partial charge in [-0.25, -0.2) is 0 Å². The second kappa shape index (κ2) is 7.04. The third-order valence-electron chi connectivity index (χ3n) is 4.08. The first kappa shape index (κ1) is 17.1. The molecule has 0 aliphatic heterocycles. The molecule has 3 rings (SSSR count). The van der Waals surface area contributed by atoms with Crippen LogP contribution in [0.1, 0.15) is 25.2 Å². The van der Waals surface area contributed by atoms with Crippen LogP contribution in [0, 0.1) is 0 Å². The molecule has 0 aliphatic rings. The van der Waals surface area contributed by atoms with Gasteiger partial charge in [0.25, 0.3) is 0 Å². The van der Waals surface area contributed by atoms with Gasteiger partial charge in [0.1, 0.15) is 5.78 Å². The Morgan fingerprint density at radius 3 is 2.08 bits per heavy atom. The largest absolute Gasteiger partial charge is 0.351 e. The lowest BCUT2D eigenvalue weighted by Gasteiger charge is -2.25. The highest BCUT2D eigenvalue weighted by Crippen LogP contribution is 2.59. The molecule has 4 nitrogen and oxygen atoms in total. The van der Waals surface area contributed by atoms with Crippen LogP contribution in [0.3, 0.4) is 0 Å². The maximum atomic E-state index is 13.1. The monoisotopic (exact) mass is 343 g/mol. The quantitative estimate of drug-likeness (QED) is 0.492. The van der Waals surface area contributed by atoms with E-state index in [0.717, 1.165) is 27.1 Å². The molecule has 0 amide bonds. The molecule has 0 fully saturated rings. The summed E-state index contributed by atoms with van der Waals surface area (Å²) in [5.74, 6) is -0.827. The number of rotatable bonds is 6. The summed E-state index contributed by atoms with van der Waals surface area (Å²) in [4.78, 5) is 0. The zero-order chi connectivity index (χ0) is 17.2. The van der Waals surface area contributed by atoms with Crippen molar-refractivity contribution in [1.82, 2.24) is 0 Å². The van der Waals surface area contributed by atoms with Crippen LogP contribution in [0.2, 0.25) is 0 Å². The van der Waals surface area contributed by atoms with Gasteiger partial charge in [-0.05, 0) is 47.0 Å². The first-order chi connectivity index (χ1) is 11.6. The van der Waals surface area contributed by atoms with Crippen molar-refractivity contribution in [3.8, 4) is 0 Å². The second-order valence-corrected chi connectivity index (χ2v) is 7.71. The lowest BCUT2D eigenvalue weighted by Crippen LogP contribution is -2.15. The van der Waals surface area contributed by atoms with Crippen molar-refractivity contribution in [2.24, 2.45) is 5.73 Å². The van der Waals surface area contributed by atoms with Gasteiger partial charge in [0.15, 0.2) is 0 Å². The standard InChI is InChI=1S/C19H22NO3P/c1-3-22-24(21,23-4-2)19(20)18-13-14-9-5-6-10-15(14)16-11-7-8-12-17(16)18/h5-13,19H,3-4,20H2,1-2H3/t19-/m0/s1. The molecule has 1 atom stereocenters. The normalized spacial score (nSPS) is 13.5. The Labute approximate surface area is 142 Å². The molecule has 126 valence electrons. The van der Waals surface area contributed by atoms with Gasteiger partial charge in [-0.1, -0.05) is 48.5 Å². The van der Waals surface area contributed by atoms with Crippen molar-refractivity contribution >= 4 is 29.1 Å². The number of benzene rings is 3. The summed E-state index contributed by atoms with van der Waals surface area (Å²) in [6.45, 7) is 4.15. The van der Waals surface area contributed by atoms with Gasteiger partial charge in [0.2, 0.25) is 0 Å². The maximum Gasteiger partial charge on any atom is 0.351 e. The van der Waals surface area contributed by atoms with Crippen molar-refractivity contribution in [1.29, 1.82) is 0 Å². The minimum absolute atomic E-state index is 0.288. The fraction of sp³-hybridized carbons (Fsp3) is 0.263. The Bertz CT molecular complexity index is 899. The highest BCUT2D eigenvalue weighted by molar-refractivity contribution is 7.54. The average Bonchev–Trinajstić information content (AvgIpc) is 2.61. The second-order valence-electron chi connectivity index (χ2n) is 5.55. The number of nitrogens with two attached hydrogens (primary N) is 1. The van der Waals surface area contributed by atoms with E-state index >= 15 is 0 Å². The first-order valence-electron chi connectivity index (χ1n) is 8.15. The van der Waals surface area contributed by atoms with E-state index in [0.29, 0.717) is 0 Å². The predicted molar refractivity (Wildman–Crippen MR) is 99.2 cm³/mol. The van der Waals surface area contributed by atoms with Crippen LogP contribution >= 0.6 is 7.60 Å². The summed E-state index contributed by atoms with van der Waals surface area (Å²) in [6, 6.07) is 18.1. The molecule has 2 N–H and O–H groups in total. The smallest absolute Gasteiger partial charge is 0.314 e. The molecule has 24 heavy (non-hydrogen) atoms. The Kier molecular flexibility index (Phi) is 5.02. The fourth-order valence-electron chi connectivity index (χ4n) is 3.06. The van der Waals surface area contributed by atoms with Crippen molar-refractivity contribution < 1.29 is 13.6 Å². The van der Waals surface area contributed by atoms with Gasteiger partial charge in [-0.15, -0.1) is 0 Å². The molecule has 3 aromatic rings. The van der Waals surface area contributed by atoms with Gasteiger partial charge in [0, 0.05) is 0 Å². The zero-order valence-corrected chi connectivity index (χ0v) is 14.8. The molecule has 0 aromatic heterocycles. The molecule has 0 radical (unpaired) electrons. The molecule has 0 aliphatic carbocycles. The van der Waals surface area contributed by atoms with Crippen molar-refractivity contribution in [3.63, 3.8) is 0 Å². The SMILES string of the molecule is CCOP(=O)(OCC)[C@H](N)c1cc2ccccc2c2ccccc12. The van der Waals surface area contributed by atoms with E-state index in [9.17, 15) is 4.57 Å². The molecule has 0 heterocycles. The van der Waals surface area contributed by atoms with Crippen LogP contribution in [0.15, 0.2) is 54.6 Å². The van der Waals surface area contributed by atoms with E-state index in [2.05, 4.69) is 12.1 Å². The Morgan fingerprint density at radius 1 is 0.917 bits per heavy atom. The summed E-state index contributed by atoms with van der Waals surface area (Å²) in [6.07, 6.45) is 0. The van der Waals surface area contributed by atoms with E-state index in [1.807, 2.05) is 42.5 Å². The van der Waals surface area contributed by atoms with Crippen molar-refractivity contribution in [2.45, 2.75) is 19.6 Å². The molecule has 0 bridgehead atoms. The lowest BCUT2D eigenvalue weighted by atomic mass is 9.97. The third kappa shape index (κ3) is 2.99. The summed E-state index contributed by atoms with van der Waals surface area (Å²) < 4.78 is 24.0. The fourth-order valence-corrected chi connectivity index (χ4v) is 4.73. The van der Waals surface area contributed by atoms with Crippen molar-refractivity contribution in [3.05, 3.63) is 60.2 Å². The van der Waals surface area contributed by atoms with Crippen molar-refractivity contribution in [2.75, 3.05) is 13.2 Å². The van der Waals surface area contributed by atoms with E-state index < -0.39 is 13.4 Å². The third-order valence-corrected chi connectivity index (χ3v) is 6.27. The molecular weight excluding hydrogens is 321 g/mol. The molecule has 5 heteroatoms. The number of fused-ring (bicyclic) bond motifs is 3. The summed E-state index contributed by atoms with van der Waals surface area (Å²) in [5, 5.41) is 4.26. The van der Waals surface area contributed by atoms with Crippen LogP contribution in [0.25, 0.3) is 21.5 Å². The first-order valence-corrected chi connectivity index (χ1v) is 9.76. The van der Waals surface area contributed by atoms with Crippen LogP contribution in [-0.4, -0.2) is 13.2 Å². The van der Waals surface area contributed by atoms with Crippen LogP contribution in [-0.2, 0) is 13.6 Å². The van der Waals surface area contributed by atoms with Gasteiger partial charge >= 0.3 is 7.60 Å². The summed E-state index contributed by atoms with van der Waals surface area (Å²) in [7, 11) is -3.44. The zero-order valence-electron chi connectivity index (χ0n) is 13.9. The number of hydrogen-bond donors (Lipinski definition) is 1. The molecular formula is C19H22NO3P. The van der Waals surface area contributed by atoms with E-state index in [1.54, 1.807) is 13.8 Å². The minimum Gasteiger partial charge on any atom is -0.314 e. The molecule has 0 saturated carbocycles. The van der Waals surface area contributed by atoms with E-state index in [-0.39, 0.29) is 13.2 Å². The van der Waals surface area contributed by atoms with Crippen LogP contribution < -0.4 is 5.73 Å². The molecule has 3 aromatic carbocycles. The van der Waals surface area contributed by atoms with E-state index in [4.69, 9.17) is 14.8 Å². The van der Waals surface area contributed by atoms with E-state index in [1.165, 1.54) is 0 Å². The molecule has 0 spiro atoms. The molecule has 0 saturated heterocycles. The average molecular weight is 343 g/mol. The summed E-state index contributed by atoms with van der Waals surface area (Å²) >= 11 is 0. The minimum atomic E-state index is -3.44. The van der Waals surface area contributed by atoms with Crippen LogP contribution in [0.5, 0.6) is 0 Å². The lowest BCUT2D eigenvalue weighted by molar-refractivity contribution is 0.212. The molecule has 0 unspecified atom stereocenters.